The summed E-state index contributed by atoms with van der Waals surface area (Å²) in [6.45, 7) is 9.27. The summed E-state index contributed by atoms with van der Waals surface area (Å²) in [6, 6.07) is 0. The molecular formula is C14H19ClN2. The van der Waals surface area contributed by atoms with Crippen molar-refractivity contribution in [1.82, 2.24) is 0 Å². The summed E-state index contributed by atoms with van der Waals surface area (Å²) in [5.74, 6) is 0.367. The Morgan fingerprint density at radius 3 is 2.65 bits per heavy atom. The Bertz CT molecular complexity index is 362. The van der Waals surface area contributed by atoms with E-state index in [0.29, 0.717) is 11.0 Å². The molecule has 0 heterocycles. The van der Waals surface area contributed by atoms with Crippen molar-refractivity contribution in [1.29, 1.82) is 0 Å². The van der Waals surface area contributed by atoms with Gasteiger partial charge in [0.15, 0.2) is 0 Å². The van der Waals surface area contributed by atoms with Crippen LogP contribution in [0.5, 0.6) is 0 Å². The van der Waals surface area contributed by atoms with E-state index < -0.39 is 0 Å². The second-order valence-corrected chi connectivity index (χ2v) is 3.99. The SMILES string of the molecule is C=C/C=C(/CC(C)/C=C/C=C(/Cl)C=NC)N=C. The molecule has 2 nitrogen and oxygen atoms in total. The molecular weight excluding hydrogens is 232 g/mol. The Labute approximate surface area is 109 Å². The van der Waals surface area contributed by atoms with Gasteiger partial charge in [-0.2, -0.15) is 0 Å². The Morgan fingerprint density at radius 1 is 1.41 bits per heavy atom. The molecule has 0 aliphatic rings. The van der Waals surface area contributed by atoms with Gasteiger partial charge in [0.25, 0.3) is 0 Å². The molecule has 0 aromatic rings. The highest BCUT2D eigenvalue weighted by molar-refractivity contribution is 6.39. The van der Waals surface area contributed by atoms with Crippen molar-refractivity contribution in [2.75, 3.05) is 7.05 Å². The largest absolute Gasteiger partial charge is 0.295 e. The lowest BCUT2D eigenvalue weighted by Crippen LogP contribution is -1.91. The Kier molecular flexibility index (Phi) is 8.98. The number of hydrogen-bond acceptors (Lipinski definition) is 2. The highest BCUT2D eigenvalue weighted by Crippen LogP contribution is 2.13. The van der Waals surface area contributed by atoms with Crippen LogP contribution in [0.25, 0.3) is 0 Å². The lowest BCUT2D eigenvalue weighted by atomic mass is 10.0. The van der Waals surface area contributed by atoms with Gasteiger partial charge in [-0.05, 0) is 31.2 Å². The van der Waals surface area contributed by atoms with Crippen LogP contribution in [-0.2, 0) is 0 Å². The van der Waals surface area contributed by atoms with Crippen molar-refractivity contribution >= 4 is 24.5 Å². The molecule has 0 aromatic carbocycles. The van der Waals surface area contributed by atoms with Crippen LogP contribution in [0, 0.1) is 5.92 Å². The number of allylic oxidation sites excluding steroid dienone is 7. The first-order chi connectivity index (χ1) is 8.13. The van der Waals surface area contributed by atoms with Gasteiger partial charge < -0.3 is 0 Å². The minimum absolute atomic E-state index is 0.367. The first-order valence-electron chi connectivity index (χ1n) is 5.38. The van der Waals surface area contributed by atoms with Crippen molar-refractivity contribution < 1.29 is 0 Å². The third-order valence-corrected chi connectivity index (χ3v) is 2.22. The van der Waals surface area contributed by atoms with E-state index in [4.69, 9.17) is 11.6 Å². The average molecular weight is 251 g/mol. The van der Waals surface area contributed by atoms with Gasteiger partial charge >= 0.3 is 0 Å². The summed E-state index contributed by atoms with van der Waals surface area (Å²) in [5.41, 5.74) is 0.933. The number of nitrogens with zero attached hydrogens (tertiary/aromatic N) is 2. The van der Waals surface area contributed by atoms with E-state index in [1.165, 1.54) is 0 Å². The standard InChI is InChI=1S/C14H19ClN2/c1-5-7-14(17-4)10-12(2)8-6-9-13(15)11-16-3/h5-9,11-12H,1,4,10H2,2-3H3/b8-6+,13-9+,14-7-,16-11?. The fraction of sp³-hybridized carbons (Fsp3) is 0.286. The molecule has 0 rings (SSSR count). The summed E-state index contributed by atoms with van der Waals surface area (Å²) < 4.78 is 0. The number of rotatable bonds is 7. The van der Waals surface area contributed by atoms with Crippen molar-refractivity contribution in [2.45, 2.75) is 13.3 Å². The minimum atomic E-state index is 0.367. The first kappa shape index (κ1) is 15.6. The van der Waals surface area contributed by atoms with Crippen molar-refractivity contribution in [3.05, 3.63) is 47.7 Å². The normalized spacial score (nSPS) is 15.5. The molecule has 0 aromatic heterocycles. The second-order valence-electron chi connectivity index (χ2n) is 3.56. The molecule has 0 spiro atoms. The maximum absolute atomic E-state index is 5.85. The molecule has 3 heteroatoms. The summed E-state index contributed by atoms with van der Waals surface area (Å²) in [6.07, 6.45) is 11.8. The van der Waals surface area contributed by atoms with Gasteiger partial charge in [0.05, 0.1) is 5.03 Å². The molecule has 92 valence electrons. The van der Waals surface area contributed by atoms with E-state index in [9.17, 15) is 0 Å². The van der Waals surface area contributed by atoms with Gasteiger partial charge in [0.2, 0.25) is 0 Å². The zero-order valence-electron chi connectivity index (χ0n) is 10.4. The van der Waals surface area contributed by atoms with Crippen LogP contribution >= 0.6 is 11.6 Å². The smallest absolute Gasteiger partial charge is 0.0584 e. The van der Waals surface area contributed by atoms with Crippen LogP contribution in [0.15, 0.2) is 57.7 Å². The maximum atomic E-state index is 5.85. The summed E-state index contributed by atoms with van der Waals surface area (Å²) in [5, 5.41) is 0.611. The van der Waals surface area contributed by atoms with E-state index >= 15 is 0 Å². The summed E-state index contributed by atoms with van der Waals surface area (Å²) in [4.78, 5) is 7.75. The molecule has 0 N–H and O–H groups in total. The number of halogens is 1. The van der Waals surface area contributed by atoms with E-state index in [0.717, 1.165) is 12.1 Å². The van der Waals surface area contributed by atoms with E-state index in [1.54, 1.807) is 19.3 Å². The van der Waals surface area contributed by atoms with Crippen molar-refractivity contribution in [2.24, 2.45) is 15.9 Å². The predicted molar refractivity (Wildman–Crippen MR) is 79.1 cm³/mol. The van der Waals surface area contributed by atoms with Crippen LogP contribution in [0.4, 0.5) is 0 Å². The molecule has 0 bridgehead atoms. The monoisotopic (exact) mass is 250 g/mol. The molecule has 0 radical (unpaired) electrons. The fourth-order valence-electron chi connectivity index (χ4n) is 1.22. The lowest BCUT2D eigenvalue weighted by Gasteiger charge is -2.05. The topological polar surface area (TPSA) is 24.7 Å². The minimum Gasteiger partial charge on any atom is -0.295 e. The second kappa shape index (κ2) is 9.79. The molecule has 1 unspecified atom stereocenters. The van der Waals surface area contributed by atoms with Gasteiger partial charge in [-0.3, -0.25) is 9.98 Å². The highest BCUT2D eigenvalue weighted by atomic mass is 35.5. The van der Waals surface area contributed by atoms with Gasteiger partial charge in [0.1, 0.15) is 0 Å². The van der Waals surface area contributed by atoms with E-state index in [2.05, 4.69) is 36.3 Å². The third kappa shape index (κ3) is 8.40. The van der Waals surface area contributed by atoms with Gasteiger partial charge in [0, 0.05) is 19.0 Å². The van der Waals surface area contributed by atoms with Crippen molar-refractivity contribution in [3.63, 3.8) is 0 Å². The zero-order chi connectivity index (χ0) is 13.1. The van der Waals surface area contributed by atoms with E-state index in [1.807, 2.05) is 18.2 Å². The van der Waals surface area contributed by atoms with Gasteiger partial charge in [-0.1, -0.05) is 43.3 Å². The molecule has 0 saturated carbocycles. The molecule has 1 atom stereocenters. The van der Waals surface area contributed by atoms with E-state index in [-0.39, 0.29) is 0 Å². The van der Waals surface area contributed by atoms with Crippen molar-refractivity contribution in [3.8, 4) is 0 Å². The number of hydrogen-bond donors (Lipinski definition) is 0. The maximum Gasteiger partial charge on any atom is 0.0584 e. The Morgan fingerprint density at radius 2 is 2.12 bits per heavy atom. The zero-order valence-corrected chi connectivity index (χ0v) is 11.2. The molecule has 0 fully saturated rings. The molecule has 0 saturated heterocycles. The Balaban J connectivity index is 4.35. The Hall–Kier alpha value is -1.41. The number of aliphatic imine (C=N–C) groups is 2. The third-order valence-electron chi connectivity index (χ3n) is 1.99. The summed E-state index contributed by atoms with van der Waals surface area (Å²) >= 11 is 5.85. The van der Waals surface area contributed by atoms with Gasteiger partial charge in [-0.15, -0.1) is 0 Å². The predicted octanol–water partition coefficient (Wildman–Crippen LogP) is 4.16. The molecule has 17 heavy (non-hydrogen) atoms. The fourth-order valence-corrected chi connectivity index (χ4v) is 1.39. The molecule has 0 aliphatic heterocycles. The van der Waals surface area contributed by atoms with Crippen LogP contribution in [-0.4, -0.2) is 20.0 Å². The van der Waals surface area contributed by atoms with Crippen LogP contribution in [0.2, 0.25) is 0 Å². The highest BCUT2D eigenvalue weighted by Gasteiger charge is 1.99. The molecule has 0 amide bonds. The van der Waals surface area contributed by atoms with Gasteiger partial charge in [-0.25, -0.2) is 0 Å². The molecule has 0 aliphatic carbocycles. The van der Waals surface area contributed by atoms with Crippen LogP contribution < -0.4 is 0 Å². The quantitative estimate of drug-likeness (QED) is 0.479. The van der Waals surface area contributed by atoms with Crippen LogP contribution in [0.1, 0.15) is 13.3 Å². The van der Waals surface area contributed by atoms with Crippen LogP contribution in [0.3, 0.4) is 0 Å². The average Bonchev–Trinajstić information content (AvgIpc) is 2.28. The first-order valence-corrected chi connectivity index (χ1v) is 5.76. The lowest BCUT2D eigenvalue weighted by molar-refractivity contribution is 0.712. The summed E-state index contributed by atoms with van der Waals surface area (Å²) in [7, 11) is 1.69.